The second-order valence-corrected chi connectivity index (χ2v) is 6.04. The number of aromatic nitrogens is 1. The van der Waals surface area contributed by atoms with E-state index in [0.29, 0.717) is 12.5 Å². The maximum atomic E-state index is 10.6. The zero-order valence-electron chi connectivity index (χ0n) is 12.2. The number of aliphatic hydroxyl groups is 1. The quantitative estimate of drug-likeness (QED) is 0.857. The lowest BCUT2D eigenvalue weighted by atomic mass is 9.88. The van der Waals surface area contributed by atoms with Crippen LogP contribution in [0.4, 0.5) is 0 Å². The molecule has 3 heteroatoms. The number of nitrogens with one attached hydrogen (secondary N) is 1. The fourth-order valence-electron chi connectivity index (χ4n) is 2.86. The van der Waals surface area contributed by atoms with E-state index >= 15 is 0 Å². The van der Waals surface area contributed by atoms with E-state index in [0.717, 1.165) is 25.1 Å². The average Bonchev–Trinajstić information content (AvgIpc) is 2.39. The number of piperidine rings is 1. The van der Waals surface area contributed by atoms with Gasteiger partial charge in [0.25, 0.3) is 0 Å². The fraction of sp³-hybridized carbons (Fsp3) is 0.688. The molecule has 106 valence electrons. The van der Waals surface area contributed by atoms with Crippen LogP contribution < -0.4 is 5.32 Å². The summed E-state index contributed by atoms with van der Waals surface area (Å²) < 4.78 is 0. The van der Waals surface area contributed by atoms with E-state index in [1.807, 2.05) is 19.2 Å². The number of hydrogen-bond donors (Lipinski definition) is 2. The third-order valence-corrected chi connectivity index (χ3v) is 3.95. The van der Waals surface area contributed by atoms with Gasteiger partial charge in [0.05, 0.1) is 5.60 Å². The van der Waals surface area contributed by atoms with Gasteiger partial charge in [0.15, 0.2) is 0 Å². The van der Waals surface area contributed by atoms with Crippen LogP contribution in [-0.4, -0.2) is 28.3 Å². The van der Waals surface area contributed by atoms with Gasteiger partial charge in [-0.1, -0.05) is 19.4 Å². The molecule has 1 aromatic rings. The molecule has 0 amide bonds. The van der Waals surface area contributed by atoms with E-state index < -0.39 is 5.60 Å². The lowest BCUT2D eigenvalue weighted by Gasteiger charge is -2.31. The molecule has 2 rings (SSSR count). The van der Waals surface area contributed by atoms with Gasteiger partial charge in [-0.05, 0) is 50.8 Å². The van der Waals surface area contributed by atoms with Crippen molar-refractivity contribution in [2.75, 3.05) is 6.54 Å². The van der Waals surface area contributed by atoms with E-state index in [4.69, 9.17) is 0 Å². The highest BCUT2D eigenvalue weighted by molar-refractivity contribution is 5.15. The number of hydrogen-bond acceptors (Lipinski definition) is 3. The van der Waals surface area contributed by atoms with Crippen LogP contribution in [0.5, 0.6) is 0 Å². The summed E-state index contributed by atoms with van der Waals surface area (Å²) in [7, 11) is 0. The van der Waals surface area contributed by atoms with Crippen LogP contribution in [0.25, 0.3) is 0 Å². The molecule has 0 aromatic carbocycles. The molecule has 0 radical (unpaired) electrons. The zero-order chi connectivity index (χ0) is 13.7. The van der Waals surface area contributed by atoms with Crippen molar-refractivity contribution in [3.8, 4) is 0 Å². The van der Waals surface area contributed by atoms with Crippen LogP contribution >= 0.6 is 0 Å². The Bertz CT molecular complexity index is 380. The van der Waals surface area contributed by atoms with Gasteiger partial charge in [-0.15, -0.1) is 0 Å². The van der Waals surface area contributed by atoms with Gasteiger partial charge < -0.3 is 10.4 Å². The summed E-state index contributed by atoms with van der Waals surface area (Å²) in [6, 6.07) is 4.61. The molecule has 0 aliphatic carbocycles. The van der Waals surface area contributed by atoms with Crippen molar-refractivity contribution >= 4 is 0 Å². The first-order valence-electron chi connectivity index (χ1n) is 7.48. The number of nitrogens with zero attached hydrogens (tertiary/aromatic N) is 1. The predicted octanol–water partition coefficient (Wildman–Crippen LogP) is 2.47. The summed E-state index contributed by atoms with van der Waals surface area (Å²) in [5, 5.41) is 14.1. The van der Waals surface area contributed by atoms with Crippen LogP contribution in [0, 0.1) is 0 Å². The number of aryl methyl sites for hydroxylation is 1. The monoisotopic (exact) mass is 262 g/mol. The smallest absolute Gasteiger partial charge is 0.0689 e. The Kier molecular flexibility index (Phi) is 4.94. The Morgan fingerprint density at radius 2 is 2.26 bits per heavy atom. The zero-order valence-corrected chi connectivity index (χ0v) is 12.2. The van der Waals surface area contributed by atoms with Gasteiger partial charge in [-0.2, -0.15) is 0 Å². The van der Waals surface area contributed by atoms with E-state index in [1.165, 1.54) is 24.8 Å². The molecule has 0 bridgehead atoms. The van der Waals surface area contributed by atoms with Gasteiger partial charge in [0.1, 0.15) is 0 Å². The molecular formula is C16H26N2O. The minimum Gasteiger partial charge on any atom is -0.390 e. The van der Waals surface area contributed by atoms with Crippen LogP contribution in [0.3, 0.4) is 0 Å². The molecule has 3 nitrogen and oxygen atoms in total. The highest BCUT2D eigenvalue weighted by Crippen LogP contribution is 2.22. The van der Waals surface area contributed by atoms with Crippen LogP contribution in [0.2, 0.25) is 0 Å². The van der Waals surface area contributed by atoms with Crippen molar-refractivity contribution in [2.45, 2.75) is 64.0 Å². The summed E-state index contributed by atoms with van der Waals surface area (Å²) in [6.07, 6.45) is 8.09. The molecule has 0 spiro atoms. The second-order valence-electron chi connectivity index (χ2n) is 6.04. The highest BCUT2D eigenvalue weighted by Gasteiger charge is 2.27. The van der Waals surface area contributed by atoms with Crippen LogP contribution in [0.1, 0.15) is 50.8 Å². The predicted molar refractivity (Wildman–Crippen MR) is 78.2 cm³/mol. The van der Waals surface area contributed by atoms with Crippen molar-refractivity contribution in [2.24, 2.45) is 0 Å². The molecule has 1 aliphatic rings. The van der Waals surface area contributed by atoms with Gasteiger partial charge in [-0.3, -0.25) is 4.98 Å². The maximum absolute atomic E-state index is 10.6. The molecule has 1 aliphatic heterocycles. The molecule has 1 saturated heterocycles. The second kappa shape index (κ2) is 6.49. The highest BCUT2D eigenvalue weighted by atomic mass is 16.3. The molecule has 19 heavy (non-hydrogen) atoms. The van der Waals surface area contributed by atoms with Crippen molar-refractivity contribution in [3.05, 3.63) is 29.6 Å². The molecule has 2 heterocycles. The lowest BCUT2D eigenvalue weighted by molar-refractivity contribution is 0.0362. The maximum Gasteiger partial charge on any atom is 0.0689 e. The molecule has 0 saturated carbocycles. The van der Waals surface area contributed by atoms with Gasteiger partial charge >= 0.3 is 0 Å². The Labute approximate surface area is 116 Å². The largest absolute Gasteiger partial charge is 0.390 e. The molecule has 1 fully saturated rings. The molecular weight excluding hydrogens is 236 g/mol. The fourth-order valence-corrected chi connectivity index (χ4v) is 2.86. The van der Waals surface area contributed by atoms with E-state index in [9.17, 15) is 5.11 Å². The first-order chi connectivity index (χ1) is 9.09. The van der Waals surface area contributed by atoms with E-state index in [1.54, 1.807) is 0 Å². The number of pyridine rings is 1. The Hall–Kier alpha value is -0.930. The van der Waals surface area contributed by atoms with Crippen molar-refractivity contribution in [1.29, 1.82) is 0 Å². The van der Waals surface area contributed by atoms with Gasteiger partial charge in [0.2, 0.25) is 0 Å². The Balaban J connectivity index is 1.91. The summed E-state index contributed by atoms with van der Waals surface area (Å²) >= 11 is 0. The summed E-state index contributed by atoms with van der Waals surface area (Å²) in [4.78, 5) is 4.45. The standard InChI is InChI=1S/C16H26N2O/c1-3-13-7-8-15(18-12-13)11-16(2,19)10-14-6-4-5-9-17-14/h7-8,12,14,17,19H,3-6,9-11H2,1-2H3. The topological polar surface area (TPSA) is 45.1 Å². The summed E-state index contributed by atoms with van der Waals surface area (Å²) in [6.45, 7) is 5.14. The molecule has 1 aromatic heterocycles. The minimum absolute atomic E-state index is 0.457. The SMILES string of the molecule is CCc1ccc(CC(C)(O)CC2CCCCN2)nc1. The van der Waals surface area contributed by atoms with Gasteiger partial charge in [0, 0.05) is 24.4 Å². The normalized spacial score (nSPS) is 23.0. The average molecular weight is 262 g/mol. The molecule has 2 unspecified atom stereocenters. The first kappa shape index (κ1) is 14.5. The van der Waals surface area contributed by atoms with Crippen LogP contribution in [-0.2, 0) is 12.8 Å². The third kappa shape index (κ3) is 4.59. The number of rotatable bonds is 5. The summed E-state index contributed by atoms with van der Waals surface area (Å²) in [5.74, 6) is 0. The Morgan fingerprint density at radius 3 is 2.84 bits per heavy atom. The lowest BCUT2D eigenvalue weighted by Crippen LogP contribution is -2.42. The molecule has 2 N–H and O–H groups in total. The summed E-state index contributed by atoms with van der Waals surface area (Å²) in [5.41, 5.74) is 1.56. The van der Waals surface area contributed by atoms with E-state index in [-0.39, 0.29) is 0 Å². The van der Waals surface area contributed by atoms with Crippen molar-refractivity contribution in [1.82, 2.24) is 10.3 Å². The third-order valence-electron chi connectivity index (χ3n) is 3.95. The van der Waals surface area contributed by atoms with Gasteiger partial charge in [-0.25, -0.2) is 0 Å². The Morgan fingerprint density at radius 1 is 1.42 bits per heavy atom. The van der Waals surface area contributed by atoms with Crippen LogP contribution in [0.15, 0.2) is 18.3 Å². The minimum atomic E-state index is -0.671. The first-order valence-corrected chi connectivity index (χ1v) is 7.48. The van der Waals surface area contributed by atoms with E-state index in [2.05, 4.69) is 23.3 Å². The van der Waals surface area contributed by atoms with Crippen molar-refractivity contribution in [3.63, 3.8) is 0 Å². The molecule has 2 atom stereocenters. The van der Waals surface area contributed by atoms with Crippen molar-refractivity contribution < 1.29 is 5.11 Å².